The van der Waals surface area contributed by atoms with Gasteiger partial charge in [0.05, 0.1) is 26.4 Å². The fourth-order valence-corrected chi connectivity index (χ4v) is 1.30. The highest BCUT2D eigenvalue weighted by atomic mass is 16.5. The highest BCUT2D eigenvalue weighted by Gasteiger charge is 1.95. The SMILES string of the molecule is C1CCCCC1.C=CCO.C=CCO.C=CCOCC=C. The van der Waals surface area contributed by atoms with Gasteiger partial charge in [-0.2, -0.15) is 0 Å². The van der Waals surface area contributed by atoms with Crippen LogP contribution in [0.15, 0.2) is 50.6 Å². The van der Waals surface area contributed by atoms with Crippen LogP contribution in [-0.2, 0) is 4.74 Å². The van der Waals surface area contributed by atoms with E-state index in [-0.39, 0.29) is 13.2 Å². The molecular formula is C18H34O3. The molecule has 3 heteroatoms. The van der Waals surface area contributed by atoms with Gasteiger partial charge in [-0.1, -0.05) is 62.8 Å². The van der Waals surface area contributed by atoms with E-state index < -0.39 is 0 Å². The van der Waals surface area contributed by atoms with E-state index in [1.54, 1.807) is 12.2 Å². The maximum Gasteiger partial charge on any atom is 0.0649 e. The second-order valence-electron chi connectivity index (χ2n) is 4.18. The molecule has 0 heterocycles. The Kier molecular flexibility index (Phi) is 37.0. The van der Waals surface area contributed by atoms with E-state index >= 15 is 0 Å². The van der Waals surface area contributed by atoms with E-state index in [0.29, 0.717) is 13.2 Å². The first-order valence-corrected chi connectivity index (χ1v) is 7.48. The molecule has 1 saturated carbocycles. The van der Waals surface area contributed by atoms with E-state index in [1.807, 2.05) is 0 Å². The van der Waals surface area contributed by atoms with Crippen molar-refractivity contribution < 1.29 is 14.9 Å². The van der Waals surface area contributed by atoms with Gasteiger partial charge in [0.25, 0.3) is 0 Å². The molecule has 1 aliphatic rings. The van der Waals surface area contributed by atoms with Gasteiger partial charge in [-0.25, -0.2) is 0 Å². The highest BCUT2D eigenvalue weighted by Crippen LogP contribution is 2.15. The van der Waals surface area contributed by atoms with E-state index in [9.17, 15) is 0 Å². The Labute approximate surface area is 131 Å². The van der Waals surface area contributed by atoms with Gasteiger partial charge in [-0.15, -0.1) is 26.3 Å². The molecule has 0 aromatic rings. The quantitative estimate of drug-likeness (QED) is 0.574. The summed E-state index contributed by atoms with van der Waals surface area (Å²) in [5.74, 6) is 0. The molecule has 0 aliphatic heterocycles. The number of aliphatic hydroxyl groups is 2. The van der Waals surface area contributed by atoms with Crippen LogP contribution in [0.25, 0.3) is 0 Å². The fraction of sp³-hybridized carbons (Fsp3) is 0.556. The normalized spacial score (nSPS) is 11.9. The second kappa shape index (κ2) is 31.3. The van der Waals surface area contributed by atoms with Crippen molar-refractivity contribution >= 4 is 0 Å². The Morgan fingerprint density at radius 3 is 1.00 bits per heavy atom. The van der Waals surface area contributed by atoms with Gasteiger partial charge in [-0.05, 0) is 0 Å². The minimum Gasteiger partial charge on any atom is -0.392 e. The molecule has 0 unspecified atom stereocenters. The standard InChI is InChI=1S/C6H10O.C6H12.2C3H6O/c1-3-5-7-6-4-2;1-2-4-6-5-3-1;2*1-2-3-4/h3-4H,1-2,5-6H2;1-6H2;2*2,4H,1,3H2. The van der Waals surface area contributed by atoms with Crippen LogP contribution in [-0.4, -0.2) is 36.6 Å². The van der Waals surface area contributed by atoms with E-state index in [0.717, 1.165) is 0 Å². The number of hydrogen-bond donors (Lipinski definition) is 2. The van der Waals surface area contributed by atoms with Gasteiger partial charge >= 0.3 is 0 Å². The average molecular weight is 298 g/mol. The van der Waals surface area contributed by atoms with Crippen molar-refractivity contribution in [3.05, 3.63) is 50.6 Å². The summed E-state index contributed by atoms with van der Waals surface area (Å²) in [6, 6.07) is 0. The van der Waals surface area contributed by atoms with Gasteiger partial charge < -0.3 is 14.9 Å². The Balaban J connectivity index is -0.000000213. The van der Waals surface area contributed by atoms with Crippen molar-refractivity contribution in [2.75, 3.05) is 26.4 Å². The first-order chi connectivity index (χ1) is 10.2. The Morgan fingerprint density at radius 1 is 0.619 bits per heavy atom. The monoisotopic (exact) mass is 298 g/mol. The van der Waals surface area contributed by atoms with Crippen molar-refractivity contribution in [1.82, 2.24) is 0 Å². The lowest BCUT2D eigenvalue weighted by Gasteiger charge is -2.05. The third-order valence-corrected chi connectivity index (χ3v) is 2.23. The summed E-state index contributed by atoms with van der Waals surface area (Å²) in [4.78, 5) is 0. The van der Waals surface area contributed by atoms with E-state index in [4.69, 9.17) is 14.9 Å². The molecule has 2 N–H and O–H groups in total. The van der Waals surface area contributed by atoms with Crippen LogP contribution < -0.4 is 0 Å². The molecule has 1 rings (SSSR count). The zero-order valence-corrected chi connectivity index (χ0v) is 13.5. The second-order valence-corrected chi connectivity index (χ2v) is 4.18. The van der Waals surface area contributed by atoms with Crippen LogP contribution in [0.1, 0.15) is 38.5 Å². The summed E-state index contributed by atoms with van der Waals surface area (Å²) in [6.45, 7) is 14.8. The number of aliphatic hydroxyl groups excluding tert-OH is 2. The summed E-state index contributed by atoms with van der Waals surface area (Å²) in [6.07, 6.45) is 15.3. The molecule has 0 atom stereocenters. The molecule has 0 amide bonds. The van der Waals surface area contributed by atoms with Crippen molar-refractivity contribution in [2.24, 2.45) is 0 Å². The molecule has 1 fully saturated rings. The van der Waals surface area contributed by atoms with Gasteiger partial charge in [0, 0.05) is 0 Å². The van der Waals surface area contributed by atoms with Crippen LogP contribution in [0.3, 0.4) is 0 Å². The van der Waals surface area contributed by atoms with Gasteiger partial charge in [0.1, 0.15) is 0 Å². The number of hydrogen-bond acceptors (Lipinski definition) is 3. The lowest BCUT2D eigenvalue weighted by molar-refractivity contribution is 0.194. The molecule has 0 bridgehead atoms. The predicted molar refractivity (Wildman–Crippen MR) is 93.5 cm³/mol. The molecule has 124 valence electrons. The third-order valence-electron chi connectivity index (χ3n) is 2.23. The number of rotatable bonds is 6. The predicted octanol–water partition coefficient (Wildman–Crippen LogP) is 4.05. The molecule has 0 radical (unpaired) electrons. The van der Waals surface area contributed by atoms with E-state index in [1.165, 1.54) is 50.7 Å². The lowest BCUT2D eigenvalue weighted by Crippen LogP contribution is -1.87. The fourth-order valence-electron chi connectivity index (χ4n) is 1.30. The molecule has 0 aromatic heterocycles. The summed E-state index contributed by atoms with van der Waals surface area (Å²) >= 11 is 0. The lowest BCUT2D eigenvalue weighted by atomic mass is 10.0. The molecule has 0 aromatic carbocycles. The Morgan fingerprint density at radius 2 is 0.857 bits per heavy atom. The van der Waals surface area contributed by atoms with Gasteiger partial charge in [-0.3, -0.25) is 0 Å². The molecular weight excluding hydrogens is 264 g/mol. The first kappa shape index (κ1) is 24.8. The Bertz CT molecular complexity index is 181. The van der Waals surface area contributed by atoms with Crippen molar-refractivity contribution in [3.63, 3.8) is 0 Å². The summed E-state index contributed by atoms with van der Waals surface area (Å²) in [7, 11) is 0. The van der Waals surface area contributed by atoms with Crippen molar-refractivity contribution in [3.8, 4) is 0 Å². The zero-order valence-electron chi connectivity index (χ0n) is 13.5. The van der Waals surface area contributed by atoms with Crippen LogP contribution in [0, 0.1) is 0 Å². The van der Waals surface area contributed by atoms with Crippen LogP contribution in [0.4, 0.5) is 0 Å². The highest BCUT2D eigenvalue weighted by molar-refractivity contribution is 4.68. The van der Waals surface area contributed by atoms with Crippen LogP contribution in [0.5, 0.6) is 0 Å². The maximum absolute atomic E-state index is 7.76. The summed E-state index contributed by atoms with van der Waals surface area (Å²) < 4.78 is 4.90. The van der Waals surface area contributed by atoms with Crippen LogP contribution >= 0.6 is 0 Å². The van der Waals surface area contributed by atoms with Crippen molar-refractivity contribution in [2.45, 2.75) is 38.5 Å². The molecule has 3 nitrogen and oxygen atoms in total. The van der Waals surface area contributed by atoms with Crippen LogP contribution in [0.2, 0.25) is 0 Å². The summed E-state index contributed by atoms with van der Waals surface area (Å²) in [5, 5.41) is 15.5. The minimum absolute atomic E-state index is 0.0833. The minimum atomic E-state index is 0.0833. The zero-order chi connectivity index (χ0) is 16.6. The smallest absolute Gasteiger partial charge is 0.0649 e. The molecule has 0 spiro atoms. The Hall–Kier alpha value is -1.16. The van der Waals surface area contributed by atoms with E-state index in [2.05, 4.69) is 26.3 Å². The van der Waals surface area contributed by atoms with Crippen molar-refractivity contribution in [1.29, 1.82) is 0 Å². The molecule has 0 saturated heterocycles. The topological polar surface area (TPSA) is 49.7 Å². The molecule has 1 aliphatic carbocycles. The maximum atomic E-state index is 7.76. The first-order valence-electron chi connectivity index (χ1n) is 7.48. The van der Waals surface area contributed by atoms with Gasteiger partial charge in [0.2, 0.25) is 0 Å². The van der Waals surface area contributed by atoms with Gasteiger partial charge in [0.15, 0.2) is 0 Å². The average Bonchev–Trinajstić information content (AvgIpc) is 2.58. The summed E-state index contributed by atoms with van der Waals surface area (Å²) in [5.41, 5.74) is 0. The largest absolute Gasteiger partial charge is 0.392 e. The molecule has 21 heavy (non-hydrogen) atoms. The number of ether oxygens (including phenoxy) is 1. The third kappa shape index (κ3) is 45.5.